The number of halogens is 1. The molecule has 6 heteroatoms. The maximum absolute atomic E-state index is 13.9. The molecule has 2 aliphatic rings. The largest absolute Gasteiger partial charge is 0.381 e. The number of ether oxygens (including phenoxy) is 1. The van der Waals surface area contributed by atoms with Crippen LogP contribution in [0.5, 0.6) is 0 Å². The lowest BCUT2D eigenvalue weighted by atomic mass is 9.87. The first-order valence-electron chi connectivity index (χ1n) is 7.88. The van der Waals surface area contributed by atoms with E-state index < -0.39 is 0 Å². The standard InChI is InChI=1S/C17H21FN4O/c1-20-16(22-6-4-17(11-22)5-7-23-12-17)21-10-14-8-13(9-19)2-3-15(14)18/h2-3,8H,4-7,10-12H2,1H3,(H,20,21). The lowest BCUT2D eigenvalue weighted by Gasteiger charge is -2.25. The van der Waals surface area contributed by atoms with Gasteiger partial charge < -0.3 is 15.0 Å². The fraction of sp³-hybridized carbons (Fsp3) is 0.529. The lowest BCUT2D eigenvalue weighted by molar-refractivity contribution is 0.156. The predicted octanol–water partition coefficient (Wildman–Crippen LogP) is 1.89. The summed E-state index contributed by atoms with van der Waals surface area (Å²) in [5.74, 6) is 0.463. The number of hydrogen-bond donors (Lipinski definition) is 1. The summed E-state index contributed by atoms with van der Waals surface area (Å²) >= 11 is 0. The molecule has 2 heterocycles. The van der Waals surface area contributed by atoms with E-state index in [1.54, 1.807) is 13.1 Å². The highest BCUT2D eigenvalue weighted by Gasteiger charge is 2.42. The molecule has 0 saturated carbocycles. The molecule has 0 bridgehead atoms. The number of nitrogens with zero attached hydrogens (tertiary/aromatic N) is 3. The van der Waals surface area contributed by atoms with Crippen LogP contribution in [0.1, 0.15) is 24.0 Å². The molecule has 0 amide bonds. The molecular formula is C17H21FN4O. The van der Waals surface area contributed by atoms with Crippen LogP contribution < -0.4 is 5.32 Å². The number of nitriles is 1. The Hall–Kier alpha value is -2.13. The van der Waals surface area contributed by atoms with Gasteiger partial charge in [0.25, 0.3) is 0 Å². The normalized spacial score (nSPS) is 24.2. The van der Waals surface area contributed by atoms with Gasteiger partial charge in [-0.3, -0.25) is 4.99 Å². The van der Waals surface area contributed by atoms with Crippen LogP contribution in [0, 0.1) is 22.6 Å². The average Bonchev–Trinajstić information content (AvgIpc) is 3.20. The highest BCUT2D eigenvalue weighted by Crippen LogP contribution is 2.38. The van der Waals surface area contributed by atoms with E-state index in [-0.39, 0.29) is 11.2 Å². The first kappa shape index (κ1) is 15.8. The molecule has 23 heavy (non-hydrogen) atoms. The van der Waals surface area contributed by atoms with Crippen molar-refractivity contribution in [3.05, 3.63) is 35.1 Å². The zero-order valence-electron chi connectivity index (χ0n) is 13.3. The Labute approximate surface area is 135 Å². The van der Waals surface area contributed by atoms with E-state index in [0.29, 0.717) is 17.7 Å². The number of hydrogen-bond acceptors (Lipinski definition) is 3. The van der Waals surface area contributed by atoms with Crippen LogP contribution in [0.4, 0.5) is 4.39 Å². The van der Waals surface area contributed by atoms with Crippen LogP contribution >= 0.6 is 0 Å². The Balaban J connectivity index is 1.64. The molecular weight excluding hydrogens is 295 g/mol. The van der Waals surface area contributed by atoms with Gasteiger partial charge in [-0.05, 0) is 31.0 Å². The minimum Gasteiger partial charge on any atom is -0.381 e. The highest BCUT2D eigenvalue weighted by molar-refractivity contribution is 5.80. The number of aliphatic imine (C=N–C) groups is 1. The molecule has 0 radical (unpaired) electrons. The van der Waals surface area contributed by atoms with Gasteiger partial charge in [0.15, 0.2) is 5.96 Å². The van der Waals surface area contributed by atoms with Crippen molar-refractivity contribution >= 4 is 5.96 Å². The van der Waals surface area contributed by atoms with E-state index >= 15 is 0 Å². The quantitative estimate of drug-likeness (QED) is 0.668. The molecule has 3 rings (SSSR count). The summed E-state index contributed by atoms with van der Waals surface area (Å²) in [5, 5.41) is 12.1. The molecule has 2 saturated heterocycles. The van der Waals surface area contributed by atoms with Gasteiger partial charge in [-0.15, -0.1) is 0 Å². The van der Waals surface area contributed by atoms with Gasteiger partial charge in [0.1, 0.15) is 5.82 Å². The maximum Gasteiger partial charge on any atom is 0.193 e. The Morgan fingerprint density at radius 2 is 2.39 bits per heavy atom. The molecule has 2 aliphatic heterocycles. The van der Waals surface area contributed by atoms with Gasteiger partial charge in [-0.25, -0.2) is 4.39 Å². The molecule has 1 aromatic rings. The summed E-state index contributed by atoms with van der Waals surface area (Å²) in [5.41, 5.74) is 1.19. The Morgan fingerprint density at radius 3 is 3.09 bits per heavy atom. The van der Waals surface area contributed by atoms with E-state index in [4.69, 9.17) is 10.00 Å². The van der Waals surface area contributed by atoms with Crippen LogP contribution in [-0.2, 0) is 11.3 Å². The third-order valence-corrected chi connectivity index (χ3v) is 4.75. The molecule has 5 nitrogen and oxygen atoms in total. The summed E-state index contributed by atoms with van der Waals surface area (Å²) in [4.78, 5) is 6.52. The number of guanidine groups is 1. The summed E-state index contributed by atoms with van der Waals surface area (Å²) in [6, 6.07) is 6.43. The zero-order valence-corrected chi connectivity index (χ0v) is 13.3. The first-order chi connectivity index (χ1) is 11.2. The molecule has 0 aliphatic carbocycles. The van der Waals surface area contributed by atoms with E-state index in [1.165, 1.54) is 12.1 Å². The molecule has 0 aromatic heterocycles. The van der Waals surface area contributed by atoms with Crippen LogP contribution in [0.2, 0.25) is 0 Å². The minimum atomic E-state index is -0.311. The van der Waals surface area contributed by atoms with Gasteiger partial charge in [0.2, 0.25) is 0 Å². The smallest absolute Gasteiger partial charge is 0.193 e. The summed E-state index contributed by atoms with van der Waals surface area (Å²) in [6.07, 6.45) is 2.20. The molecule has 1 spiro atoms. The molecule has 1 unspecified atom stereocenters. The second kappa shape index (κ2) is 6.55. The van der Waals surface area contributed by atoms with Crippen molar-refractivity contribution in [2.75, 3.05) is 33.4 Å². The minimum absolute atomic E-state index is 0.254. The first-order valence-corrected chi connectivity index (χ1v) is 7.88. The van der Waals surface area contributed by atoms with Crippen LogP contribution in [0.3, 0.4) is 0 Å². The molecule has 1 aromatic carbocycles. The van der Waals surface area contributed by atoms with Crippen molar-refractivity contribution in [3.63, 3.8) is 0 Å². The zero-order chi connectivity index (χ0) is 16.3. The number of nitrogens with one attached hydrogen (secondary N) is 1. The van der Waals surface area contributed by atoms with Gasteiger partial charge in [-0.2, -0.15) is 5.26 Å². The molecule has 1 atom stereocenters. The number of benzene rings is 1. The van der Waals surface area contributed by atoms with Crippen molar-refractivity contribution in [2.45, 2.75) is 19.4 Å². The average molecular weight is 316 g/mol. The lowest BCUT2D eigenvalue weighted by Crippen LogP contribution is -2.41. The van der Waals surface area contributed by atoms with Crippen LogP contribution in [-0.4, -0.2) is 44.2 Å². The topological polar surface area (TPSA) is 60.7 Å². The van der Waals surface area contributed by atoms with E-state index in [2.05, 4.69) is 15.2 Å². The molecule has 1 N–H and O–H groups in total. The number of rotatable bonds is 2. The van der Waals surface area contributed by atoms with Crippen LogP contribution in [0.15, 0.2) is 23.2 Å². The second-order valence-electron chi connectivity index (χ2n) is 6.29. The van der Waals surface area contributed by atoms with Gasteiger partial charge in [-0.1, -0.05) is 0 Å². The maximum atomic E-state index is 13.9. The van der Waals surface area contributed by atoms with Crippen molar-refractivity contribution in [3.8, 4) is 6.07 Å². The van der Waals surface area contributed by atoms with E-state index in [9.17, 15) is 4.39 Å². The fourth-order valence-corrected chi connectivity index (χ4v) is 3.37. The molecule has 2 fully saturated rings. The van der Waals surface area contributed by atoms with Gasteiger partial charge in [0, 0.05) is 44.3 Å². The predicted molar refractivity (Wildman–Crippen MR) is 85.4 cm³/mol. The van der Waals surface area contributed by atoms with Crippen molar-refractivity contribution in [1.82, 2.24) is 10.2 Å². The van der Waals surface area contributed by atoms with Gasteiger partial charge >= 0.3 is 0 Å². The van der Waals surface area contributed by atoms with E-state index in [0.717, 1.165) is 45.1 Å². The summed E-state index contributed by atoms with van der Waals surface area (Å²) in [6.45, 7) is 3.83. The third kappa shape index (κ3) is 3.30. The summed E-state index contributed by atoms with van der Waals surface area (Å²) in [7, 11) is 1.74. The Morgan fingerprint density at radius 1 is 1.52 bits per heavy atom. The van der Waals surface area contributed by atoms with E-state index in [1.807, 2.05) is 6.07 Å². The van der Waals surface area contributed by atoms with Crippen molar-refractivity contribution < 1.29 is 9.13 Å². The number of likely N-dealkylation sites (tertiary alicyclic amines) is 1. The Kier molecular flexibility index (Phi) is 4.49. The van der Waals surface area contributed by atoms with Crippen molar-refractivity contribution in [1.29, 1.82) is 5.26 Å². The SMILES string of the molecule is CN=C(NCc1cc(C#N)ccc1F)N1CCC2(CCOC2)C1. The highest BCUT2D eigenvalue weighted by atomic mass is 19.1. The fourth-order valence-electron chi connectivity index (χ4n) is 3.37. The second-order valence-corrected chi connectivity index (χ2v) is 6.29. The van der Waals surface area contributed by atoms with Crippen molar-refractivity contribution in [2.24, 2.45) is 10.4 Å². The summed E-state index contributed by atoms with van der Waals surface area (Å²) < 4.78 is 19.4. The monoisotopic (exact) mass is 316 g/mol. The van der Waals surface area contributed by atoms with Crippen LogP contribution in [0.25, 0.3) is 0 Å². The Bertz CT molecular complexity index is 646. The molecule has 122 valence electrons. The van der Waals surface area contributed by atoms with Gasteiger partial charge in [0.05, 0.1) is 18.2 Å². The third-order valence-electron chi connectivity index (χ3n) is 4.75.